The highest BCUT2D eigenvalue weighted by Crippen LogP contribution is 2.40. The monoisotopic (exact) mass is 288 g/mol. The van der Waals surface area contributed by atoms with Crippen LogP contribution in [0, 0.1) is 0 Å². The molecule has 1 spiro atoms. The SMILES string of the molecule is COc1ccc(C(=O)O[C@@H]2CCC[C@]23C=CC(=O)O3)cc1. The minimum Gasteiger partial charge on any atom is -0.497 e. The molecule has 1 aliphatic heterocycles. The van der Waals surface area contributed by atoms with Crippen molar-refractivity contribution in [1.29, 1.82) is 0 Å². The maximum Gasteiger partial charge on any atom is 0.338 e. The topological polar surface area (TPSA) is 61.8 Å². The van der Waals surface area contributed by atoms with Crippen molar-refractivity contribution in [2.24, 2.45) is 0 Å². The number of esters is 2. The predicted octanol–water partition coefficient (Wildman–Crippen LogP) is 2.26. The first kappa shape index (κ1) is 13.7. The molecule has 1 aromatic rings. The van der Waals surface area contributed by atoms with Gasteiger partial charge in [-0.2, -0.15) is 0 Å². The molecule has 0 bridgehead atoms. The molecule has 1 fully saturated rings. The Labute approximate surface area is 122 Å². The van der Waals surface area contributed by atoms with Crippen LogP contribution in [0.3, 0.4) is 0 Å². The first-order chi connectivity index (χ1) is 10.1. The molecule has 3 rings (SSSR count). The van der Waals surface area contributed by atoms with Crippen molar-refractivity contribution in [2.75, 3.05) is 7.11 Å². The number of carbonyl (C=O) groups is 2. The van der Waals surface area contributed by atoms with E-state index in [1.165, 1.54) is 6.08 Å². The second kappa shape index (κ2) is 5.24. The van der Waals surface area contributed by atoms with Crippen LogP contribution in [0.5, 0.6) is 5.75 Å². The van der Waals surface area contributed by atoms with E-state index in [4.69, 9.17) is 14.2 Å². The van der Waals surface area contributed by atoms with Crippen molar-refractivity contribution in [3.05, 3.63) is 42.0 Å². The molecular weight excluding hydrogens is 272 g/mol. The molecular formula is C16H16O5. The molecule has 1 saturated carbocycles. The van der Waals surface area contributed by atoms with E-state index in [2.05, 4.69) is 0 Å². The summed E-state index contributed by atoms with van der Waals surface area (Å²) >= 11 is 0. The maximum atomic E-state index is 12.2. The lowest BCUT2D eigenvalue weighted by molar-refractivity contribution is -0.152. The summed E-state index contributed by atoms with van der Waals surface area (Å²) in [6, 6.07) is 6.71. The molecule has 0 amide bonds. The zero-order valence-electron chi connectivity index (χ0n) is 11.7. The fraction of sp³-hybridized carbons (Fsp3) is 0.375. The molecule has 0 radical (unpaired) electrons. The van der Waals surface area contributed by atoms with Gasteiger partial charge in [-0.25, -0.2) is 9.59 Å². The highest BCUT2D eigenvalue weighted by atomic mass is 16.6. The van der Waals surface area contributed by atoms with Gasteiger partial charge >= 0.3 is 11.9 Å². The average Bonchev–Trinajstić information content (AvgIpc) is 3.06. The van der Waals surface area contributed by atoms with Gasteiger partial charge in [-0.1, -0.05) is 0 Å². The molecule has 1 heterocycles. The summed E-state index contributed by atoms with van der Waals surface area (Å²) in [6.45, 7) is 0. The van der Waals surface area contributed by atoms with Crippen LogP contribution < -0.4 is 4.74 Å². The van der Waals surface area contributed by atoms with Gasteiger partial charge in [-0.15, -0.1) is 0 Å². The van der Waals surface area contributed by atoms with Crippen LogP contribution in [0.1, 0.15) is 29.6 Å². The Bertz CT molecular complexity index is 589. The van der Waals surface area contributed by atoms with Gasteiger partial charge < -0.3 is 14.2 Å². The second-order valence-electron chi connectivity index (χ2n) is 5.22. The van der Waals surface area contributed by atoms with Gasteiger partial charge in [-0.05, 0) is 49.6 Å². The smallest absolute Gasteiger partial charge is 0.338 e. The van der Waals surface area contributed by atoms with Crippen molar-refractivity contribution in [1.82, 2.24) is 0 Å². The molecule has 1 aromatic carbocycles. The molecule has 0 saturated heterocycles. The quantitative estimate of drug-likeness (QED) is 0.798. The highest BCUT2D eigenvalue weighted by molar-refractivity contribution is 5.90. The fourth-order valence-electron chi connectivity index (χ4n) is 2.82. The number of benzene rings is 1. The number of hydrogen-bond donors (Lipinski definition) is 0. The van der Waals surface area contributed by atoms with Gasteiger partial charge in [0.1, 0.15) is 11.9 Å². The Morgan fingerprint density at radius 1 is 1.33 bits per heavy atom. The fourth-order valence-corrected chi connectivity index (χ4v) is 2.82. The van der Waals surface area contributed by atoms with Crippen LogP contribution in [-0.2, 0) is 14.3 Å². The Kier molecular flexibility index (Phi) is 3.41. The minimum atomic E-state index is -0.765. The summed E-state index contributed by atoms with van der Waals surface area (Å²) in [4.78, 5) is 23.5. The van der Waals surface area contributed by atoms with Crippen molar-refractivity contribution >= 4 is 11.9 Å². The number of hydrogen-bond acceptors (Lipinski definition) is 5. The lowest BCUT2D eigenvalue weighted by Crippen LogP contribution is -2.40. The Hall–Kier alpha value is -2.30. The molecule has 5 nitrogen and oxygen atoms in total. The van der Waals surface area contributed by atoms with Crippen LogP contribution >= 0.6 is 0 Å². The number of methoxy groups -OCH3 is 1. The van der Waals surface area contributed by atoms with Gasteiger partial charge in [0.05, 0.1) is 12.7 Å². The number of ether oxygens (including phenoxy) is 3. The molecule has 110 valence electrons. The van der Waals surface area contributed by atoms with Crippen molar-refractivity contribution in [2.45, 2.75) is 31.0 Å². The van der Waals surface area contributed by atoms with E-state index >= 15 is 0 Å². The van der Waals surface area contributed by atoms with Crippen LogP contribution in [0.4, 0.5) is 0 Å². The third-order valence-electron chi connectivity index (χ3n) is 3.95. The molecule has 0 aromatic heterocycles. The van der Waals surface area contributed by atoms with E-state index in [9.17, 15) is 9.59 Å². The first-order valence-corrected chi connectivity index (χ1v) is 6.90. The van der Waals surface area contributed by atoms with Crippen molar-refractivity contribution in [3.63, 3.8) is 0 Å². The van der Waals surface area contributed by atoms with E-state index in [0.29, 0.717) is 24.2 Å². The Morgan fingerprint density at radius 3 is 2.71 bits per heavy atom. The summed E-state index contributed by atoms with van der Waals surface area (Å²) in [5.74, 6) is -0.112. The van der Waals surface area contributed by atoms with Crippen LogP contribution in [0.2, 0.25) is 0 Å². The van der Waals surface area contributed by atoms with E-state index in [-0.39, 0.29) is 5.97 Å². The molecule has 21 heavy (non-hydrogen) atoms. The largest absolute Gasteiger partial charge is 0.497 e. The Balaban J connectivity index is 1.72. The molecule has 0 unspecified atom stereocenters. The zero-order chi connectivity index (χ0) is 14.9. The van der Waals surface area contributed by atoms with Gasteiger partial charge in [0.2, 0.25) is 0 Å². The zero-order valence-corrected chi connectivity index (χ0v) is 11.7. The summed E-state index contributed by atoms with van der Waals surface area (Å²) in [6.07, 6.45) is 4.94. The summed E-state index contributed by atoms with van der Waals surface area (Å²) < 4.78 is 15.9. The summed E-state index contributed by atoms with van der Waals surface area (Å²) in [5.41, 5.74) is -0.315. The van der Waals surface area contributed by atoms with Crippen LogP contribution in [0.25, 0.3) is 0 Å². The highest BCUT2D eigenvalue weighted by Gasteiger charge is 2.49. The third kappa shape index (κ3) is 2.51. The maximum absolute atomic E-state index is 12.2. The Morgan fingerprint density at radius 2 is 2.10 bits per heavy atom. The number of carbonyl (C=O) groups excluding carboxylic acids is 2. The summed E-state index contributed by atoms with van der Waals surface area (Å²) in [5, 5.41) is 0. The normalized spacial score (nSPS) is 26.9. The minimum absolute atomic E-state index is 0.373. The van der Waals surface area contributed by atoms with Crippen molar-refractivity contribution in [3.8, 4) is 5.75 Å². The third-order valence-corrected chi connectivity index (χ3v) is 3.95. The van der Waals surface area contributed by atoms with Gasteiger partial charge in [0.25, 0.3) is 0 Å². The lowest BCUT2D eigenvalue weighted by atomic mass is 10.0. The van der Waals surface area contributed by atoms with Gasteiger partial charge in [-0.3, -0.25) is 0 Å². The average molecular weight is 288 g/mol. The summed E-state index contributed by atoms with van der Waals surface area (Å²) in [7, 11) is 1.57. The van der Waals surface area contributed by atoms with Crippen LogP contribution in [-0.4, -0.2) is 30.8 Å². The van der Waals surface area contributed by atoms with Gasteiger partial charge in [0.15, 0.2) is 5.60 Å². The predicted molar refractivity (Wildman–Crippen MR) is 74.0 cm³/mol. The standard InChI is InChI=1S/C16H16O5/c1-19-12-6-4-11(5-7-12)15(18)20-13-3-2-9-16(13)10-8-14(17)21-16/h4-8,10,13H,2-3,9H2,1H3/t13-,16+/m1/s1. The number of rotatable bonds is 3. The molecule has 1 aliphatic carbocycles. The van der Waals surface area contributed by atoms with E-state index < -0.39 is 17.7 Å². The van der Waals surface area contributed by atoms with E-state index in [1.54, 1.807) is 37.5 Å². The molecule has 5 heteroatoms. The molecule has 0 N–H and O–H groups in total. The van der Waals surface area contributed by atoms with E-state index in [0.717, 1.165) is 6.42 Å². The lowest BCUT2D eigenvalue weighted by Gasteiger charge is -2.28. The van der Waals surface area contributed by atoms with Gasteiger partial charge in [0, 0.05) is 6.08 Å². The first-order valence-electron chi connectivity index (χ1n) is 6.90. The second-order valence-corrected chi connectivity index (χ2v) is 5.22. The van der Waals surface area contributed by atoms with E-state index in [1.807, 2.05) is 0 Å². The van der Waals surface area contributed by atoms with Crippen LogP contribution in [0.15, 0.2) is 36.4 Å². The van der Waals surface area contributed by atoms with Crippen molar-refractivity contribution < 1.29 is 23.8 Å². The molecule has 2 atom stereocenters. The molecule has 2 aliphatic rings.